The van der Waals surface area contributed by atoms with E-state index in [-0.39, 0.29) is 5.54 Å². The maximum Gasteiger partial charge on any atom is 0.213 e. The summed E-state index contributed by atoms with van der Waals surface area (Å²) in [5, 5.41) is 6.80. The van der Waals surface area contributed by atoms with E-state index in [1.165, 1.54) is 12.8 Å². The quantitative estimate of drug-likeness (QED) is 0.532. The molecule has 2 aliphatic rings. The fourth-order valence-electron chi connectivity index (χ4n) is 3.08. The monoisotopic (exact) mass is 375 g/mol. The Hall–Kier alpha value is -1.86. The summed E-state index contributed by atoms with van der Waals surface area (Å²) in [6, 6.07) is 3.99. The van der Waals surface area contributed by atoms with Gasteiger partial charge in [-0.05, 0) is 38.2 Å². The van der Waals surface area contributed by atoms with Gasteiger partial charge < -0.3 is 20.1 Å². The molecule has 3 rings (SSSR count). The molecular weight excluding hydrogens is 342 g/mol. The van der Waals surface area contributed by atoms with Crippen LogP contribution in [-0.2, 0) is 11.3 Å². The molecule has 1 aromatic heterocycles. The first kappa shape index (κ1) is 19.9. The van der Waals surface area contributed by atoms with Crippen LogP contribution in [0.1, 0.15) is 32.3 Å². The average Bonchev–Trinajstić information content (AvgIpc) is 3.52. The molecule has 1 aromatic rings. The van der Waals surface area contributed by atoms with Crippen LogP contribution < -0.4 is 15.4 Å². The molecule has 7 nitrogen and oxygen atoms in total. The predicted octanol–water partition coefficient (Wildman–Crippen LogP) is 1.65. The fourth-order valence-corrected chi connectivity index (χ4v) is 3.08. The molecular formula is C20H33N5O2. The minimum atomic E-state index is 0.0451. The standard InChI is InChI=1S/C20H33N5O2/c1-20(2,25-8-10-26-11-9-25)15-24-19(21-3)23-13-17-6-7-18(22-12-17)27-14-16-4-5-16/h6-7,12,16H,4-5,8-11,13-15H2,1-3H3,(H2,21,23,24). The summed E-state index contributed by atoms with van der Waals surface area (Å²) in [7, 11) is 1.80. The highest BCUT2D eigenvalue weighted by molar-refractivity contribution is 5.79. The molecule has 0 unspecified atom stereocenters. The van der Waals surface area contributed by atoms with Gasteiger partial charge in [0, 0.05) is 51.0 Å². The number of morpholine rings is 1. The number of hydrogen-bond acceptors (Lipinski definition) is 5. The Kier molecular flexibility index (Phi) is 6.90. The lowest BCUT2D eigenvalue weighted by atomic mass is 10.0. The lowest BCUT2D eigenvalue weighted by molar-refractivity contribution is -0.00834. The number of aliphatic imine (C=N–C) groups is 1. The van der Waals surface area contributed by atoms with Gasteiger partial charge in [-0.3, -0.25) is 9.89 Å². The van der Waals surface area contributed by atoms with Crippen molar-refractivity contribution in [3.63, 3.8) is 0 Å². The summed E-state index contributed by atoms with van der Waals surface area (Å²) >= 11 is 0. The van der Waals surface area contributed by atoms with Gasteiger partial charge in [0.25, 0.3) is 0 Å². The Morgan fingerprint density at radius 2 is 2.07 bits per heavy atom. The second-order valence-electron chi connectivity index (χ2n) is 7.95. The zero-order chi connectivity index (χ0) is 19.1. The first-order valence-electron chi connectivity index (χ1n) is 9.92. The minimum absolute atomic E-state index is 0.0451. The van der Waals surface area contributed by atoms with Crippen molar-refractivity contribution in [2.24, 2.45) is 10.9 Å². The van der Waals surface area contributed by atoms with Crippen molar-refractivity contribution >= 4 is 5.96 Å². The molecule has 0 radical (unpaired) electrons. The van der Waals surface area contributed by atoms with Crippen LogP contribution in [0.15, 0.2) is 23.3 Å². The van der Waals surface area contributed by atoms with Gasteiger partial charge in [0.1, 0.15) is 0 Å². The van der Waals surface area contributed by atoms with E-state index in [2.05, 4.69) is 39.4 Å². The highest BCUT2D eigenvalue weighted by Crippen LogP contribution is 2.29. The van der Waals surface area contributed by atoms with Crippen LogP contribution in [0.5, 0.6) is 5.88 Å². The van der Waals surface area contributed by atoms with Crippen LogP contribution in [0.2, 0.25) is 0 Å². The van der Waals surface area contributed by atoms with Gasteiger partial charge >= 0.3 is 0 Å². The second-order valence-corrected chi connectivity index (χ2v) is 7.95. The maximum atomic E-state index is 5.68. The van der Waals surface area contributed by atoms with Gasteiger partial charge in [0.2, 0.25) is 5.88 Å². The lowest BCUT2D eigenvalue weighted by Gasteiger charge is -2.41. The number of ether oxygens (including phenoxy) is 2. The molecule has 27 heavy (non-hydrogen) atoms. The van der Waals surface area contributed by atoms with E-state index in [4.69, 9.17) is 9.47 Å². The molecule has 150 valence electrons. The summed E-state index contributed by atoms with van der Waals surface area (Å²) in [4.78, 5) is 11.2. The normalized spacial score (nSPS) is 19.0. The zero-order valence-electron chi connectivity index (χ0n) is 16.8. The molecule has 0 spiro atoms. The maximum absolute atomic E-state index is 5.68. The molecule has 2 fully saturated rings. The van der Waals surface area contributed by atoms with Gasteiger partial charge in [0.05, 0.1) is 19.8 Å². The molecule has 1 saturated heterocycles. The Bertz CT molecular complexity index is 607. The third-order valence-corrected chi connectivity index (χ3v) is 5.20. The Morgan fingerprint density at radius 1 is 1.30 bits per heavy atom. The first-order chi connectivity index (χ1) is 13.1. The Labute approximate surface area is 162 Å². The molecule has 1 aliphatic heterocycles. The number of guanidine groups is 1. The lowest BCUT2D eigenvalue weighted by Crippen LogP contribution is -2.56. The first-order valence-corrected chi connectivity index (χ1v) is 9.92. The van der Waals surface area contributed by atoms with E-state index in [1.54, 1.807) is 7.05 Å². The third-order valence-electron chi connectivity index (χ3n) is 5.20. The molecule has 7 heteroatoms. The van der Waals surface area contributed by atoms with Crippen LogP contribution in [0.3, 0.4) is 0 Å². The number of pyridine rings is 1. The number of nitrogens with one attached hydrogen (secondary N) is 2. The van der Waals surface area contributed by atoms with Gasteiger partial charge in [-0.1, -0.05) is 6.07 Å². The van der Waals surface area contributed by atoms with Crippen molar-refractivity contribution in [2.45, 2.75) is 38.8 Å². The van der Waals surface area contributed by atoms with E-state index in [9.17, 15) is 0 Å². The van der Waals surface area contributed by atoms with E-state index in [0.29, 0.717) is 12.4 Å². The minimum Gasteiger partial charge on any atom is -0.477 e. The van der Waals surface area contributed by atoms with Gasteiger partial charge in [-0.2, -0.15) is 0 Å². The Morgan fingerprint density at radius 3 is 2.70 bits per heavy atom. The van der Waals surface area contributed by atoms with E-state index >= 15 is 0 Å². The SMILES string of the molecule is CN=C(NCc1ccc(OCC2CC2)nc1)NCC(C)(C)N1CCOCC1. The number of rotatable bonds is 8. The Balaban J connectivity index is 1.41. The summed E-state index contributed by atoms with van der Waals surface area (Å²) < 4.78 is 11.1. The molecule has 0 bridgehead atoms. The zero-order valence-corrected chi connectivity index (χ0v) is 16.8. The van der Waals surface area contributed by atoms with Crippen LogP contribution in [0, 0.1) is 5.92 Å². The largest absolute Gasteiger partial charge is 0.477 e. The number of nitrogens with zero attached hydrogens (tertiary/aromatic N) is 3. The van der Waals surface area contributed by atoms with Crippen molar-refractivity contribution < 1.29 is 9.47 Å². The molecule has 1 aliphatic carbocycles. The third kappa shape index (κ3) is 6.36. The van der Waals surface area contributed by atoms with Crippen molar-refractivity contribution in [3.05, 3.63) is 23.9 Å². The molecule has 0 atom stereocenters. The second kappa shape index (κ2) is 9.37. The van der Waals surface area contributed by atoms with Crippen molar-refractivity contribution in [1.29, 1.82) is 0 Å². The van der Waals surface area contributed by atoms with Crippen LogP contribution >= 0.6 is 0 Å². The topological polar surface area (TPSA) is 71.0 Å². The summed E-state index contributed by atoms with van der Waals surface area (Å²) in [6.45, 7) is 10.4. The van der Waals surface area contributed by atoms with Gasteiger partial charge in [-0.25, -0.2) is 4.98 Å². The van der Waals surface area contributed by atoms with E-state index < -0.39 is 0 Å². The predicted molar refractivity (Wildman–Crippen MR) is 107 cm³/mol. The summed E-state index contributed by atoms with van der Waals surface area (Å²) in [6.07, 6.45) is 4.44. The van der Waals surface area contributed by atoms with Crippen LogP contribution in [-0.4, -0.2) is 67.9 Å². The molecule has 0 aromatic carbocycles. The number of aromatic nitrogens is 1. The summed E-state index contributed by atoms with van der Waals surface area (Å²) in [5.74, 6) is 2.25. The van der Waals surface area contributed by atoms with E-state index in [1.807, 2.05) is 18.3 Å². The van der Waals surface area contributed by atoms with Crippen LogP contribution in [0.4, 0.5) is 0 Å². The van der Waals surface area contributed by atoms with E-state index in [0.717, 1.165) is 56.9 Å². The molecule has 2 N–H and O–H groups in total. The average molecular weight is 376 g/mol. The summed E-state index contributed by atoms with van der Waals surface area (Å²) in [5.41, 5.74) is 1.15. The highest BCUT2D eigenvalue weighted by Gasteiger charge is 2.28. The van der Waals surface area contributed by atoms with Crippen molar-refractivity contribution in [1.82, 2.24) is 20.5 Å². The van der Waals surface area contributed by atoms with Crippen LogP contribution in [0.25, 0.3) is 0 Å². The molecule has 2 heterocycles. The van der Waals surface area contributed by atoms with Crippen molar-refractivity contribution in [3.8, 4) is 5.88 Å². The highest BCUT2D eigenvalue weighted by atomic mass is 16.5. The fraction of sp³-hybridized carbons (Fsp3) is 0.700. The van der Waals surface area contributed by atoms with Gasteiger partial charge in [-0.15, -0.1) is 0 Å². The molecule has 0 amide bonds. The number of hydrogen-bond donors (Lipinski definition) is 2. The molecule has 1 saturated carbocycles. The van der Waals surface area contributed by atoms with Crippen molar-refractivity contribution in [2.75, 3.05) is 46.5 Å². The van der Waals surface area contributed by atoms with Gasteiger partial charge in [0.15, 0.2) is 5.96 Å². The smallest absolute Gasteiger partial charge is 0.213 e.